The van der Waals surface area contributed by atoms with E-state index >= 15 is 0 Å². The first-order valence-corrected chi connectivity index (χ1v) is 6.16. The fourth-order valence-corrected chi connectivity index (χ4v) is 1.62. The maximum atomic E-state index is 7.01. The van der Waals surface area contributed by atoms with Gasteiger partial charge in [-0.05, 0) is 39.4 Å². The first kappa shape index (κ1) is 15.7. The highest BCUT2D eigenvalue weighted by Gasteiger charge is 2.03. The Hall–Kier alpha value is -1.30. The molecular formula is C11H26N6. The number of nitrogens with one attached hydrogen (secondary N) is 2. The van der Waals surface area contributed by atoms with Crippen LogP contribution in [0.4, 0.5) is 0 Å². The standard InChI is InChI=1S/C11H26N6/c1-4-17(5-2)8-6-7-9(3)15-11(14)16-10(12)13/h9H,4-8H2,1-3H3,(H6,12,13,14,15,16). The fraction of sp³-hybridized carbons (Fsp3) is 0.818. The van der Waals surface area contributed by atoms with E-state index in [-0.39, 0.29) is 18.0 Å². The molecule has 100 valence electrons. The van der Waals surface area contributed by atoms with E-state index in [1.807, 2.05) is 6.92 Å². The Morgan fingerprint density at radius 1 is 1.35 bits per heavy atom. The smallest absolute Gasteiger partial charge is 0.195 e. The number of nitrogens with two attached hydrogens (primary N) is 2. The van der Waals surface area contributed by atoms with E-state index in [1.165, 1.54) is 0 Å². The predicted molar refractivity (Wildman–Crippen MR) is 73.2 cm³/mol. The van der Waals surface area contributed by atoms with Crippen molar-refractivity contribution in [2.75, 3.05) is 19.6 Å². The minimum atomic E-state index is -0.179. The van der Waals surface area contributed by atoms with Gasteiger partial charge in [0, 0.05) is 0 Å². The molecular weight excluding hydrogens is 216 g/mol. The van der Waals surface area contributed by atoms with Crippen molar-refractivity contribution in [1.82, 2.24) is 10.2 Å². The maximum absolute atomic E-state index is 7.01. The summed E-state index contributed by atoms with van der Waals surface area (Å²) in [6, 6.07) is 0.150. The summed E-state index contributed by atoms with van der Waals surface area (Å²) in [4.78, 5) is 6.59. The average Bonchev–Trinajstić information content (AvgIpc) is 2.23. The van der Waals surface area contributed by atoms with Gasteiger partial charge in [-0.1, -0.05) is 13.8 Å². The monoisotopic (exact) mass is 242 g/mol. The molecule has 0 saturated carbocycles. The first-order valence-electron chi connectivity index (χ1n) is 6.16. The fourth-order valence-electron chi connectivity index (χ4n) is 1.62. The lowest BCUT2D eigenvalue weighted by Gasteiger charge is -2.18. The second kappa shape index (κ2) is 8.81. The molecule has 0 rings (SSSR count). The third-order valence-electron chi connectivity index (χ3n) is 2.61. The number of hydrogen-bond acceptors (Lipinski definition) is 3. The van der Waals surface area contributed by atoms with Crippen molar-refractivity contribution in [3.8, 4) is 0 Å². The van der Waals surface area contributed by atoms with Crippen molar-refractivity contribution in [2.24, 2.45) is 16.5 Å². The average molecular weight is 242 g/mol. The molecule has 0 amide bonds. The number of aliphatic imine (C=N–C) groups is 1. The van der Waals surface area contributed by atoms with Gasteiger partial charge in [-0.15, -0.1) is 0 Å². The van der Waals surface area contributed by atoms with Crippen molar-refractivity contribution < 1.29 is 0 Å². The van der Waals surface area contributed by atoms with Gasteiger partial charge in [0.25, 0.3) is 0 Å². The molecule has 1 atom stereocenters. The number of guanidine groups is 2. The molecule has 0 saturated heterocycles. The van der Waals surface area contributed by atoms with Crippen molar-refractivity contribution in [3.63, 3.8) is 0 Å². The number of rotatable bonds is 7. The second-order valence-corrected chi connectivity index (χ2v) is 4.07. The van der Waals surface area contributed by atoms with Crippen LogP contribution < -0.4 is 16.8 Å². The van der Waals surface area contributed by atoms with Crippen molar-refractivity contribution in [3.05, 3.63) is 0 Å². The second-order valence-electron chi connectivity index (χ2n) is 4.07. The van der Waals surface area contributed by atoms with Gasteiger partial charge in [-0.25, -0.2) is 0 Å². The minimum Gasteiger partial charge on any atom is -0.370 e. The molecule has 6 nitrogen and oxygen atoms in total. The molecule has 1 unspecified atom stereocenters. The summed E-state index contributed by atoms with van der Waals surface area (Å²) in [5.74, 6) is 0.0365. The number of hydrogen-bond donors (Lipinski definition) is 4. The molecule has 6 N–H and O–H groups in total. The molecule has 0 aliphatic heterocycles. The third kappa shape index (κ3) is 8.50. The lowest BCUT2D eigenvalue weighted by atomic mass is 10.2. The van der Waals surface area contributed by atoms with Crippen LogP contribution in [0.3, 0.4) is 0 Å². The van der Waals surface area contributed by atoms with E-state index in [4.69, 9.17) is 16.9 Å². The van der Waals surface area contributed by atoms with Crippen LogP contribution in [0.25, 0.3) is 0 Å². The van der Waals surface area contributed by atoms with Crippen LogP contribution in [-0.2, 0) is 0 Å². The van der Waals surface area contributed by atoms with Gasteiger partial charge in [0.1, 0.15) is 0 Å². The maximum Gasteiger partial charge on any atom is 0.195 e. The highest BCUT2D eigenvalue weighted by Crippen LogP contribution is 2.02. The van der Waals surface area contributed by atoms with Gasteiger partial charge in [-0.3, -0.25) is 15.7 Å². The van der Waals surface area contributed by atoms with Crippen LogP contribution in [0.5, 0.6) is 0 Å². The normalized spacial score (nSPS) is 13.8. The van der Waals surface area contributed by atoms with Crippen LogP contribution in [0, 0.1) is 5.41 Å². The molecule has 0 aliphatic rings. The Kier molecular flexibility index (Phi) is 8.13. The Balaban J connectivity index is 3.85. The van der Waals surface area contributed by atoms with Gasteiger partial charge in [0.2, 0.25) is 0 Å². The van der Waals surface area contributed by atoms with E-state index in [0.29, 0.717) is 0 Å². The Morgan fingerprint density at radius 3 is 2.41 bits per heavy atom. The quantitative estimate of drug-likeness (QED) is 0.380. The highest BCUT2D eigenvalue weighted by atomic mass is 15.2. The Morgan fingerprint density at radius 2 is 1.94 bits per heavy atom. The molecule has 0 radical (unpaired) electrons. The van der Waals surface area contributed by atoms with E-state index in [0.717, 1.165) is 32.5 Å². The molecule has 0 fully saturated rings. The van der Waals surface area contributed by atoms with Crippen molar-refractivity contribution >= 4 is 11.9 Å². The molecule has 17 heavy (non-hydrogen) atoms. The zero-order chi connectivity index (χ0) is 13.3. The summed E-state index contributed by atoms with van der Waals surface area (Å²) >= 11 is 0. The van der Waals surface area contributed by atoms with Crippen molar-refractivity contribution in [1.29, 1.82) is 5.41 Å². The van der Waals surface area contributed by atoms with Gasteiger partial charge in [-0.2, -0.15) is 0 Å². The van der Waals surface area contributed by atoms with E-state index in [2.05, 4.69) is 29.1 Å². The molecule has 0 spiro atoms. The van der Waals surface area contributed by atoms with Crippen LogP contribution in [0.2, 0.25) is 0 Å². The summed E-state index contributed by atoms with van der Waals surface area (Å²) in [5, 5.41) is 9.49. The van der Waals surface area contributed by atoms with Gasteiger partial charge in [0.05, 0.1) is 6.04 Å². The Labute approximate surface area is 104 Å². The topological polar surface area (TPSA) is 104 Å². The zero-order valence-electron chi connectivity index (χ0n) is 11.2. The van der Waals surface area contributed by atoms with Crippen LogP contribution in [0.1, 0.15) is 33.6 Å². The highest BCUT2D eigenvalue weighted by molar-refractivity contribution is 5.95. The van der Waals surface area contributed by atoms with Crippen molar-refractivity contribution in [2.45, 2.75) is 39.7 Å². The summed E-state index contributed by atoms with van der Waals surface area (Å²) < 4.78 is 0. The SMILES string of the molecule is CCN(CC)CCCC(C)N=C(N)NC(=N)N. The van der Waals surface area contributed by atoms with E-state index < -0.39 is 0 Å². The molecule has 6 heteroatoms. The van der Waals surface area contributed by atoms with Crippen LogP contribution in [-0.4, -0.2) is 42.5 Å². The van der Waals surface area contributed by atoms with E-state index in [9.17, 15) is 0 Å². The summed E-state index contributed by atoms with van der Waals surface area (Å²) in [6.45, 7) is 9.61. The van der Waals surface area contributed by atoms with Crippen LogP contribution in [0.15, 0.2) is 4.99 Å². The molecule has 0 bridgehead atoms. The molecule has 0 aromatic rings. The largest absolute Gasteiger partial charge is 0.370 e. The Bertz CT molecular complexity index is 246. The molecule has 0 aromatic heterocycles. The lowest BCUT2D eigenvalue weighted by molar-refractivity contribution is 0.294. The number of nitrogens with zero attached hydrogens (tertiary/aromatic N) is 2. The third-order valence-corrected chi connectivity index (χ3v) is 2.61. The molecule has 0 aromatic carbocycles. The summed E-state index contributed by atoms with van der Waals surface area (Å²) in [7, 11) is 0. The van der Waals surface area contributed by atoms with Crippen LogP contribution >= 0.6 is 0 Å². The molecule has 0 aliphatic carbocycles. The zero-order valence-corrected chi connectivity index (χ0v) is 11.2. The molecule has 0 heterocycles. The van der Waals surface area contributed by atoms with E-state index in [1.54, 1.807) is 0 Å². The first-order chi connectivity index (χ1) is 7.99. The summed E-state index contributed by atoms with van der Waals surface area (Å²) in [6.07, 6.45) is 2.08. The van der Waals surface area contributed by atoms with Gasteiger partial charge >= 0.3 is 0 Å². The lowest BCUT2D eigenvalue weighted by Crippen LogP contribution is -2.41. The predicted octanol–water partition coefficient (Wildman–Crippen LogP) is 0.295. The minimum absolute atomic E-state index is 0.150. The van der Waals surface area contributed by atoms with Gasteiger partial charge < -0.3 is 16.4 Å². The summed E-state index contributed by atoms with van der Waals surface area (Å²) in [5.41, 5.74) is 10.7. The van der Waals surface area contributed by atoms with Gasteiger partial charge in [0.15, 0.2) is 11.9 Å².